The highest BCUT2D eigenvalue weighted by Crippen LogP contribution is 2.13. The zero-order valence-corrected chi connectivity index (χ0v) is 12.6. The molecule has 2 heterocycles. The molecule has 1 amide bonds. The van der Waals surface area contributed by atoms with Crippen molar-refractivity contribution in [3.8, 4) is 6.07 Å². The second-order valence-corrected chi connectivity index (χ2v) is 5.68. The van der Waals surface area contributed by atoms with Gasteiger partial charge in [-0.15, -0.1) is 10.2 Å². The van der Waals surface area contributed by atoms with Crippen LogP contribution in [-0.2, 0) is 6.42 Å². The van der Waals surface area contributed by atoms with E-state index < -0.39 is 0 Å². The molecular formula is C14H12N6OS. The number of carbonyl (C=O) groups is 1. The van der Waals surface area contributed by atoms with Crippen molar-refractivity contribution in [2.75, 3.05) is 6.54 Å². The van der Waals surface area contributed by atoms with Gasteiger partial charge in [0.05, 0.1) is 11.6 Å². The monoisotopic (exact) mass is 312 g/mol. The minimum Gasteiger partial charge on any atom is -0.352 e. The van der Waals surface area contributed by atoms with Gasteiger partial charge in [-0.2, -0.15) is 14.9 Å². The van der Waals surface area contributed by atoms with E-state index in [0.29, 0.717) is 24.1 Å². The lowest BCUT2D eigenvalue weighted by Crippen LogP contribution is -2.25. The normalized spacial score (nSPS) is 10.5. The number of nitriles is 1. The van der Waals surface area contributed by atoms with Crippen LogP contribution in [0.4, 0.5) is 0 Å². The second-order valence-electron chi connectivity index (χ2n) is 4.64. The maximum atomic E-state index is 12.0. The summed E-state index contributed by atoms with van der Waals surface area (Å²) in [6.45, 7) is 2.31. The predicted molar refractivity (Wildman–Crippen MR) is 80.6 cm³/mol. The summed E-state index contributed by atoms with van der Waals surface area (Å²) in [4.78, 5) is 12.8. The molecule has 0 aliphatic heterocycles. The average molecular weight is 312 g/mol. The Morgan fingerprint density at radius 1 is 1.45 bits per heavy atom. The minimum atomic E-state index is -0.198. The topological polar surface area (TPSA) is 96.0 Å². The molecule has 0 aliphatic rings. The average Bonchev–Trinajstić information content (AvgIpc) is 3.09. The molecule has 0 spiro atoms. The number of hydrogen-bond acceptors (Lipinski definition) is 6. The Morgan fingerprint density at radius 2 is 2.32 bits per heavy atom. The smallest absolute Gasteiger partial charge is 0.251 e. The van der Waals surface area contributed by atoms with Crippen LogP contribution >= 0.6 is 11.3 Å². The number of hydrogen-bond donors (Lipinski definition) is 1. The highest BCUT2D eigenvalue weighted by molar-refractivity contribution is 7.16. The summed E-state index contributed by atoms with van der Waals surface area (Å²) >= 11 is 1.46. The van der Waals surface area contributed by atoms with Crippen LogP contribution in [0.5, 0.6) is 0 Å². The van der Waals surface area contributed by atoms with Crippen molar-refractivity contribution in [1.82, 2.24) is 25.1 Å². The number of nitrogens with zero attached hydrogens (tertiary/aromatic N) is 5. The summed E-state index contributed by atoms with van der Waals surface area (Å²) in [6, 6.07) is 8.63. The predicted octanol–water partition coefficient (Wildman–Crippen LogP) is 1.34. The summed E-state index contributed by atoms with van der Waals surface area (Å²) in [5, 5.41) is 24.9. The molecule has 0 saturated heterocycles. The van der Waals surface area contributed by atoms with E-state index in [-0.39, 0.29) is 5.91 Å². The SMILES string of the molecule is Cc1nnc2sc(CCNC(=O)c3cccc(C#N)c3)nn12. The molecule has 8 heteroatoms. The van der Waals surface area contributed by atoms with Gasteiger partial charge in [0, 0.05) is 18.5 Å². The first-order valence-electron chi connectivity index (χ1n) is 6.63. The Balaban J connectivity index is 1.60. The first-order chi connectivity index (χ1) is 10.7. The Labute approximate surface area is 130 Å². The molecule has 3 aromatic rings. The molecule has 0 unspecified atom stereocenters. The van der Waals surface area contributed by atoms with E-state index in [2.05, 4.69) is 20.6 Å². The first-order valence-corrected chi connectivity index (χ1v) is 7.45. The van der Waals surface area contributed by atoms with Gasteiger partial charge in [0.15, 0.2) is 5.82 Å². The largest absolute Gasteiger partial charge is 0.352 e. The van der Waals surface area contributed by atoms with Crippen LogP contribution in [0.25, 0.3) is 4.96 Å². The van der Waals surface area contributed by atoms with Crippen LogP contribution in [0, 0.1) is 18.3 Å². The number of aromatic nitrogens is 4. The van der Waals surface area contributed by atoms with Gasteiger partial charge in [-0.3, -0.25) is 4.79 Å². The van der Waals surface area contributed by atoms with Gasteiger partial charge < -0.3 is 5.32 Å². The molecular weight excluding hydrogens is 300 g/mol. The molecule has 0 atom stereocenters. The molecule has 0 radical (unpaired) electrons. The Hall–Kier alpha value is -2.79. The quantitative estimate of drug-likeness (QED) is 0.784. The van der Waals surface area contributed by atoms with Crippen molar-refractivity contribution in [1.29, 1.82) is 5.26 Å². The fraction of sp³-hybridized carbons (Fsp3) is 0.214. The van der Waals surface area contributed by atoms with E-state index in [9.17, 15) is 4.79 Å². The van der Waals surface area contributed by atoms with Gasteiger partial charge >= 0.3 is 0 Å². The third-order valence-corrected chi connectivity index (χ3v) is 4.03. The molecule has 3 rings (SSSR count). The third kappa shape index (κ3) is 2.80. The van der Waals surface area contributed by atoms with E-state index in [1.165, 1.54) is 11.3 Å². The van der Waals surface area contributed by atoms with E-state index in [1.807, 2.05) is 13.0 Å². The van der Waals surface area contributed by atoms with Crippen molar-refractivity contribution in [3.05, 3.63) is 46.2 Å². The molecule has 22 heavy (non-hydrogen) atoms. The first kappa shape index (κ1) is 14.2. The molecule has 0 saturated carbocycles. The summed E-state index contributed by atoms with van der Waals surface area (Å²) < 4.78 is 1.69. The standard InChI is InChI=1S/C14H12N6OS/c1-9-17-18-14-20(9)19-12(22-14)5-6-16-13(21)11-4-2-3-10(7-11)8-15/h2-4,7H,5-6H2,1H3,(H,16,21). The van der Waals surface area contributed by atoms with Gasteiger partial charge in [0.2, 0.25) is 4.96 Å². The van der Waals surface area contributed by atoms with Gasteiger partial charge in [0.25, 0.3) is 5.91 Å². The van der Waals surface area contributed by atoms with Crippen LogP contribution < -0.4 is 5.32 Å². The molecule has 0 bridgehead atoms. The fourth-order valence-corrected chi connectivity index (χ4v) is 2.85. The van der Waals surface area contributed by atoms with Gasteiger partial charge in [-0.05, 0) is 25.1 Å². The molecule has 110 valence electrons. The molecule has 1 N–H and O–H groups in total. The van der Waals surface area contributed by atoms with Gasteiger partial charge in [-0.25, -0.2) is 0 Å². The maximum Gasteiger partial charge on any atom is 0.251 e. The third-order valence-electron chi connectivity index (χ3n) is 3.07. The zero-order valence-electron chi connectivity index (χ0n) is 11.8. The lowest BCUT2D eigenvalue weighted by molar-refractivity contribution is 0.0954. The van der Waals surface area contributed by atoms with Crippen molar-refractivity contribution < 1.29 is 4.79 Å². The highest BCUT2D eigenvalue weighted by Gasteiger charge is 2.10. The summed E-state index contributed by atoms with van der Waals surface area (Å²) in [6.07, 6.45) is 0.622. The highest BCUT2D eigenvalue weighted by atomic mass is 32.1. The van der Waals surface area contributed by atoms with Crippen LogP contribution in [-0.4, -0.2) is 32.3 Å². The van der Waals surface area contributed by atoms with E-state index in [1.54, 1.807) is 28.8 Å². The van der Waals surface area contributed by atoms with Crippen LogP contribution in [0.15, 0.2) is 24.3 Å². The van der Waals surface area contributed by atoms with Gasteiger partial charge in [0.1, 0.15) is 5.01 Å². The van der Waals surface area contributed by atoms with Crippen molar-refractivity contribution in [3.63, 3.8) is 0 Å². The lowest BCUT2D eigenvalue weighted by atomic mass is 10.1. The summed E-state index contributed by atoms with van der Waals surface area (Å²) in [5.74, 6) is 0.547. The number of nitrogens with one attached hydrogen (secondary N) is 1. The Bertz CT molecular complexity index is 875. The van der Waals surface area contributed by atoms with Crippen molar-refractivity contribution in [2.45, 2.75) is 13.3 Å². The number of fused-ring (bicyclic) bond motifs is 1. The Morgan fingerprint density at radius 3 is 3.09 bits per heavy atom. The molecule has 2 aromatic heterocycles. The van der Waals surface area contributed by atoms with Crippen molar-refractivity contribution >= 4 is 22.2 Å². The van der Waals surface area contributed by atoms with E-state index in [0.717, 1.165) is 15.8 Å². The molecule has 1 aromatic carbocycles. The fourth-order valence-electron chi connectivity index (χ4n) is 1.97. The van der Waals surface area contributed by atoms with Crippen LogP contribution in [0.2, 0.25) is 0 Å². The minimum absolute atomic E-state index is 0.198. The van der Waals surface area contributed by atoms with E-state index >= 15 is 0 Å². The number of carbonyl (C=O) groups excluding carboxylic acids is 1. The number of aryl methyl sites for hydroxylation is 1. The Kier molecular flexibility index (Phi) is 3.80. The number of benzene rings is 1. The number of amides is 1. The maximum absolute atomic E-state index is 12.0. The molecule has 0 fully saturated rings. The van der Waals surface area contributed by atoms with Crippen LogP contribution in [0.3, 0.4) is 0 Å². The second kappa shape index (κ2) is 5.91. The number of rotatable bonds is 4. The van der Waals surface area contributed by atoms with E-state index in [4.69, 9.17) is 5.26 Å². The summed E-state index contributed by atoms with van der Waals surface area (Å²) in [7, 11) is 0. The summed E-state index contributed by atoms with van der Waals surface area (Å²) in [5.41, 5.74) is 0.949. The molecule has 0 aliphatic carbocycles. The van der Waals surface area contributed by atoms with Crippen molar-refractivity contribution in [2.24, 2.45) is 0 Å². The van der Waals surface area contributed by atoms with Gasteiger partial charge in [-0.1, -0.05) is 17.4 Å². The van der Waals surface area contributed by atoms with Crippen LogP contribution in [0.1, 0.15) is 26.8 Å². The lowest BCUT2D eigenvalue weighted by Gasteiger charge is -2.03. The zero-order chi connectivity index (χ0) is 15.5. The molecule has 7 nitrogen and oxygen atoms in total.